The third kappa shape index (κ3) is 3.90. The van der Waals surface area contributed by atoms with Crippen molar-refractivity contribution in [2.24, 2.45) is 5.73 Å². The maximum absolute atomic E-state index is 12.2. The van der Waals surface area contributed by atoms with Crippen molar-refractivity contribution in [3.63, 3.8) is 0 Å². The molecule has 0 saturated carbocycles. The summed E-state index contributed by atoms with van der Waals surface area (Å²) in [5, 5.41) is 13.5. The first-order valence-electron chi connectivity index (χ1n) is 6.35. The molecule has 1 aliphatic heterocycles. The van der Waals surface area contributed by atoms with Crippen LogP contribution in [-0.2, 0) is 9.53 Å². The summed E-state index contributed by atoms with van der Waals surface area (Å²) in [7, 11) is 0. The molecule has 1 heterocycles. The van der Waals surface area contributed by atoms with Crippen molar-refractivity contribution in [1.82, 2.24) is 0 Å². The van der Waals surface area contributed by atoms with Gasteiger partial charge in [-0.2, -0.15) is 0 Å². The molecule has 116 valence electrons. The van der Waals surface area contributed by atoms with E-state index in [-0.39, 0.29) is 24.0 Å². The Morgan fingerprint density at radius 2 is 2.05 bits per heavy atom. The summed E-state index contributed by atoms with van der Waals surface area (Å²) in [5.74, 6) is -0.334. The number of carbonyl (C=O) groups excluding carboxylic acids is 1. The van der Waals surface area contributed by atoms with Crippen molar-refractivity contribution in [3.05, 3.63) is 33.9 Å². The average Bonchev–Trinajstić information content (AvgIpc) is 2.41. The van der Waals surface area contributed by atoms with E-state index in [1.807, 2.05) is 0 Å². The number of carbonyl (C=O) groups is 1. The van der Waals surface area contributed by atoms with Gasteiger partial charge in [-0.3, -0.25) is 14.9 Å². The smallest absolute Gasteiger partial charge is 0.274 e. The van der Waals surface area contributed by atoms with E-state index in [9.17, 15) is 14.9 Å². The van der Waals surface area contributed by atoms with Gasteiger partial charge < -0.3 is 15.8 Å². The molecule has 0 aromatic heterocycles. The Labute approximate surface area is 128 Å². The van der Waals surface area contributed by atoms with E-state index in [1.165, 1.54) is 6.07 Å². The number of benzene rings is 1. The van der Waals surface area contributed by atoms with Gasteiger partial charge in [0.15, 0.2) is 0 Å². The molecule has 8 heteroatoms. The molecule has 1 amide bonds. The van der Waals surface area contributed by atoms with Gasteiger partial charge in [0.2, 0.25) is 5.91 Å². The van der Waals surface area contributed by atoms with Crippen LogP contribution in [0.4, 0.5) is 11.4 Å². The average molecular weight is 316 g/mol. The van der Waals surface area contributed by atoms with Gasteiger partial charge in [0.1, 0.15) is 5.54 Å². The summed E-state index contributed by atoms with van der Waals surface area (Å²) in [6.07, 6.45) is 0.875. The van der Waals surface area contributed by atoms with Gasteiger partial charge >= 0.3 is 0 Å². The molecule has 1 aromatic carbocycles. The molecule has 3 N–H and O–H groups in total. The highest BCUT2D eigenvalue weighted by atomic mass is 35.5. The van der Waals surface area contributed by atoms with Gasteiger partial charge in [0, 0.05) is 30.5 Å². The van der Waals surface area contributed by atoms with E-state index in [0.717, 1.165) is 0 Å². The number of nitrogens with two attached hydrogens (primary N) is 1. The molecule has 0 aliphatic carbocycles. The molecular weight excluding hydrogens is 298 g/mol. The van der Waals surface area contributed by atoms with Crippen molar-refractivity contribution < 1.29 is 14.5 Å². The minimum Gasteiger partial charge on any atom is -0.381 e. The Hall–Kier alpha value is -1.70. The van der Waals surface area contributed by atoms with Gasteiger partial charge in [-0.05, 0) is 25.8 Å². The summed E-state index contributed by atoms with van der Waals surface area (Å²) >= 11 is 0. The molecule has 0 radical (unpaired) electrons. The Morgan fingerprint density at radius 3 is 2.62 bits per heavy atom. The van der Waals surface area contributed by atoms with E-state index in [2.05, 4.69) is 5.32 Å². The highest BCUT2D eigenvalue weighted by Gasteiger charge is 2.36. The molecule has 1 saturated heterocycles. The first kappa shape index (κ1) is 17.4. The normalized spacial score (nSPS) is 16.7. The topological polar surface area (TPSA) is 107 Å². The van der Waals surface area contributed by atoms with Crippen LogP contribution in [-0.4, -0.2) is 29.6 Å². The SMILES string of the molecule is Cc1ccc(NC(=O)C2(N)CCOCC2)cc1[N+](=O)[O-].Cl. The summed E-state index contributed by atoms with van der Waals surface area (Å²) in [6.45, 7) is 2.53. The Bertz CT molecular complexity index is 544. The Morgan fingerprint density at radius 1 is 1.43 bits per heavy atom. The highest BCUT2D eigenvalue weighted by Crippen LogP contribution is 2.24. The molecule has 1 aliphatic rings. The number of hydrogen-bond donors (Lipinski definition) is 2. The summed E-state index contributed by atoms with van der Waals surface area (Å²) < 4.78 is 5.18. The zero-order chi connectivity index (χ0) is 14.8. The predicted molar refractivity (Wildman–Crippen MR) is 80.7 cm³/mol. The largest absolute Gasteiger partial charge is 0.381 e. The molecule has 21 heavy (non-hydrogen) atoms. The lowest BCUT2D eigenvalue weighted by Gasteiger charge is -2.31. The third-order valence-corrected chi connectivity index (χ3v) is 3.50. The van der Waals surface area contributed by atoms with Crippen molar-refractivity contribution in [2.45, 2.75) is 25.3 Å². The molecule has 0 spiro atoms. The summed E-state index contributed by atoms with van der Waals surface area (Å²) in [4.78, 5) is 22.6. The molecule has 7 nitrogen and oxygen atoms in total. The van der Waals surface area contributed by atoms with Crippen molar-refractivity contribution in [1.29, 1.82) is 0 Å². The first-order valence-corrected chi connectivity index (χ1v) is 6.35. The van der Waals surface area contributed by atoms with Gasteiger partial charge in [-0.1, -0.05) is 6.07 Å². The zero-order valence-corrected chi connectivity index (χ0v) is 12.4. The van der Waals surface area contributed by atoms with Crippen LogP contribution in [0.25, 0.3) is 0 Å². The zero-order valence-electron chi connectivity index (χ0n) is 11.6. The molecule has 2 rings (SSSR count). The fourth-order valence-electron chi connectivity index (χ4n) is 2.10. The van der Waals surface area contributed by atoms with Gasteiger partial charge in [-0.25, -0.2) is 0 Å². The van der Waals surface area contributed by atoms with E-state index in [0.29, 0.717) is 37.3 Å². The van der Waals surface area contributed by atoms with Crippen molar-refractivity contribution >= 4 is 29.7 Å². The van der Waals surface area contributed by atoms with Crippen LogP contribution >= 0.6 is 12.4 Å². The third-order valence-electron chi connectivity index (χ3n) is 3.50. The number of hydrogen-bond acceptors (Lipinski definition) is 5. The van der Waals surface area contributed by atoms with Crippen molar-refractivity contribution in [2.75, 3.05) is 18.5 Å². The fourth-order valence-corrected chi connectivity index (χ4v) is 2.10. The number of nitro groups is 1. The molecule has 1 fully saturated rings. The summed E-state index contributed by atoms with van der Waals surface area (Å²) in [6, 6.07) is 4.57. The maximum Gasteiger partial charge on any atom is 0.274 e. The lowest BCUT2D eigenvalue weighted by Crippen LogP contribution is -2.54. The van der Waals surface area contributed by atoms with Crippen LogP contribution in [0.2, 0.25) is 0 Å². The van der Waals surface area contributed by atoms with Gasteiger partial charge in [0.25, 0.3) is 5.69 Å². The lowest BCUT2D eigenvalue weighted by molar-refractivity contribution is -0.385. The number of ether oxygens (including phenoxy) is 1. The quantitative estimate of drug-likeness (QED) is 0.653. The molecule has 0 unspecified atom stereocenters. The molecular formula is C13H18ClN3O4. The number of amides is 1. The summed E-state index contributed by atoms with van der Waals surface area (Å²) in [5.41, 5.74) is 5.97. The molecule has 0 bridgehead atoms. The minimum atomic E-state index is -0.974. The maximum atomic E-state index is 12.2. The van der Waals surface area contributed by atoms with Crippen LogP contribution in [0.1, 0.15) is 18.4 Å². The predicted octanol–water partition coefficient (Wildman–Crippen LogP) is 1.77. The van der Waals surface area contributed by atoms with Crippen LogP contribution in [0, 0.1) is 17.0 Å². The molecule has 1 aromatic rings. The minimum absolute atomic E-state index is 0. The Balaban J connectivity index is 0.00000220. The number of nitro benzene ring substituents is 1. The van der Waals surface area contributed by atoms with Crippen LogP contribution < -0.4 is 11.1 Å². The second-order valence-electron chi connectivity index (χ2n) is 4.98. The van der Waals surface area contributed by atoms with Crippen LogP contribution in [0.5, 0.6) is 0 Å². The molecule has 0 atom stereocenters. The Kier molecular flexibility index (Phi) is 5.65. The lowest BCUT2D eigenvalue weighted by atomic mass is 9.90. The number of halogens is 1. The number of nitrogens with zero attached hydrogens (tertiary/aromatic N) is 1. The van der Waals surface area contributed by atoms with E-state index in [1.54, 1.807) is 19.1 Å². The van der Waals surface area contributed by atoms with E-state index in [4.69, 9.17) is 10.5 Å². The van der Waals surface area contributed by atoms with Crippen molar-refractivity contribution in [3.8, 4) is 0 Å². The fraction of sp³-hybridized carbons (Fsp3) is 0.462. The number of aryl methyl sites for hydroxylation is 1. The highest BCUT2D eigenvalue weighted by molar-refractivity contribution is 5.98. The number of anilines is 1. The van der Waals surface area contributed by atoms with Gasteiger partial charge in [0.05, 0.1) is 4.92 Å². The van der Waals surface area contributed by atoms with E-state index >= 15 is 0 Å². The standard InChI is InChI=1S/C13H17N3O4.ClH/c1-9-2-3-10(8-11(9)16(18)19)15-12(17)13(14)4-6-20-7-5-13;/h2-3,8H,4-7,14H2,1H3,(H,15,17);1H. The van der Waals surface area contributed by atoms with Crippen LogP contribution in [0.15, 0.2) is 18.2 Å². The number of rotatable bonds is 3. The number of nitrogens with one attached hydrogen (secondary N) is 1. The first-order chi connectivity index (χ1) is 9.42. The van der Waals surface area contributed by atoms with E-state index < -0.39 is 10.5 Å². The monoisotopic (exact) mass is 315 g/mol. The van der Waals surface area contributed by atoms with Crippen LogP contribution in [0.3, 0.4) is 0 Å². The second kappa shape index (κ2) is 6.84. The van der Waals surface area contributed by atoms with Gasteiger partial charge in [-0.15, -0.1) is 12.4 Å². The second-order valence-corrected chi connectivity index (χ2v) is 4.98.